The van der Waals surface area contributed by atoms with Crippen LogP contribution in [0, 0.1) is 20.8 Å². The van der Waals surface area contributed by atoms with E-state index in [2.05, 4.69) is 28.3 Å². The van der Waals surface area contributed by atoms with Crippen LogP contribution in [0.3, 0.4) is 0 Å². The molecule has 5 nitrogen and oxygen atoms in total. The van der Waals surface area contributed by atoms with Crippen molar-refractivity contribution >= 4 is 16.7 Å². The van der Waals surface area contributed by atoms with E-state index in [1.807, 2.05) is 44.2 Å². The van der Waals surface area contributed by atoms with Gasteiger partial charge in [-0.3, -0.25) is 14.8 Å². The van der Waals surface area contributed by atoms with E-state index in [0.29, 0.717) is 22.3 Å². The van der Waals surface area contributed by atoms with Crippen molar-refractivity contribution in [1.82, 2.24) is 9.97 Å². The summed E-state index contributed by atoms with van der Waals surface area (Å²) >= 11 is 0. The monoisotopic (exact) mass is 385 g/mol. The predicted molar refractivity (Wildman–Crippen MR) is 116 cm³/mol. The minimum Gasteiger partial charge on any atom is -0.455 e. The molecule has 146 valence electrons. The number of nitrogens with one attached hydrogen (secondary N) is 1. The third kappa shape index (κ3) is 3.51. The summed E-state index contributed by atoms with van der Waals surface area (Å²) in [5, 5.41) is 4.10. The summed E-state index contributed by atoms with van der Waals surface area (Å²) in [6.45, 7) is 7.82. The van der Waals surface area contributed by atoms with Gasteiger partial charge in [0.1, 0.15) is 11.3 Å². The standard InChI is InChI=1S/C24H23N3O2/c1-14-11-19(16(3)27-21-8-6-10-26-17(21)4)24-20(12-14)22(28)15(2)23(29-24)18-7-5-9-25-13-18/h5-13,16,27H,1-4H3/t16-/m1/s1. The van der Waals surface area contributed by atoms with E-state index >= 15 is 0 Å². The van der Waals surface area contributed by atoms with Gasteiger partial charge >= 0.3 is 0 Å². The normalized spacial score (nSPS) is 12.1. The van der Waals surface area contributed by atoms with Crippen molar-refractivity contribution in [1.29, 1.82) is 0 Å². The fraction of sp³-hybridized carbons (Fsp3) is 0.208. The highest BCUT2D eigenvalue weighted by molar-refractivity contribution is 5.84. The first-order valence-corrected chi connectivity index (χ1v) is 9.62. The predicted octanol–water partition coefficient (Wildman–Crippen LogP) is 5.35. The molecule has 0 saturated carbocycles. The van der Waals surface area contributed by atoms with E-state index in [1.165, 1.54) is 0 Å². The van der Waals surface area contributed by atoms with Gasteiger partial charge in [-0.1, -0.05) is 6.07 Å². The van der Waals surface area contributed by atoms with Gasteiger partial charge in [-0.2, -0.15) is 0 Å². The maximum absolute atomic E-state index is 13.2. The molecule has 0 spiro atoms. The lowest BCUT2D eigenvalue weighted by Crippen LogP contribution is -2.13. The number of hydrogen-bond donors (Lipinski definition) is 1. The number of aromatic nitrogens is 2. The molecule has 0 aliphatic carbocycles. The van der Waals surface area contributed by atoms with E-state index in [9.17, 15) is 4.79 Å². The van der Waals surface area contributed by atoms with Crippen LogP contribution < -0.4 is 10.7 Å². The molecule has 0 fully saturated rings. The van der Waals surface area contributed by atoms with Gasteiger partial charge in [-0.25, -0.2) is 0 Å². The summed E-state index contributed by atoms with van der Waals surface area (Å²) in [6.07, 6.45) is 5.19. The van der Waals surface area contributed by atoms with Gasteiger partial charge < -0.3 is 9.73 Å². The second-order valence-electron chi connectivity index (χ2n) is 7.36. The van der Waals surface area contributed by atoms with Gasteiger partial charge in [0.05, 0.1) is 22.8 Å². The maximum atomic E-state index is 13.2. The van der Waals surface area contributed by atoms with Crippen LogP contribution in [-0.4, -0.2) is 9.97 Å². The molecule has 0 radical (unpaired) electrons. The number of rotatable bonds is 4. The lowest BCUT2D eigenvalue weighted by molar-refractivity contribution is 0.605. The number of anilines is 1. The molecule has 3 aromatic heterocycles. The second kappa shape index (κ2) is 7.51. The van der Waals surface area contributed by atoms with Crippen molar-refractivity contribution in [3.8, 4) is 11.3 Å². The SMILES string of the molecule is Cc1cc([C@@H](C)Nc2cccnc2C)c2oc(-c3cccnc3)c(C)c(=O)c2c1. The Labute approximate surface area is 169 Å². The molecule has 4 aromatic rings. The van der Waals surface area contributed by atoms with Gasteiger partial charge in [0.2, 0.25) is 0 Å². The van der Waals surface area contributed by atoms with Gasteiger partial charge in [0.25, 0.3) is 0 Å². The van der Waals surface area contributed by atoms with Crippen molar-refractivity contribution in [2.45, 2.75) is 33.7 Å². The van der Waals surface area contributed by atoms with Crippen LogP contribution in [0.4, 0.5) is 5.69 Å². The number of aryl methyl sites for hydroxylation is 2. The van der Waals surface area contributed by atoms with E-state index in [4.69, 9.17) is 4.42 Å². The summed E-state index contributed by atoms with van der Waals surface area (Å²) in [6, 6.07) is 11.5. The Morgan fingerprint density at radius 1 is 1.07 bits per heavy atom. The Kier molecular flexibility index (Phi) is 4.89. The summed E-state index contributed by atoms with van der Waals surface area (Å²) in [5.41, 5.74) is 5.80. The largest absolute Gasteiger partial charge is 0.455 e. The number of benzene rings is 1. The molecule has 1 aromatic carbocycles. The van der Waals surface area contributed by atoms with Crippen molar-refractivity contribution < 1.29 is 4.42 Å². The number of pyridine rings is 2. The molecule has 0 unspecified atom stereocenters. The van der Waals surface area contributed by atoms with E-state index in [0.717, 1.165) is 28.1 Å². The Bertz CT molecular complexity index is 1250. The molecular weight excluding hydrogens is 362 g/mol. The number of fused-ring (bicyclic) bond motifs is 1. The van der Waals surface area contributed by atoms with Crippen LogP contribution in [0.1, 0.15) is 35.3 Å². The molecule has 0 saturated heterocycles. The summed E-state index contributed by atoms with van der Waals surface area (Å²) in [7, 11) is 0. The van der Waals surface area contributed by atoms with Crippen LogP contribution in [0.5, 0.6) is 0 Å². The first-order valence-electron chi connectivity index (χ1n) is 9.62. The van der Waals surface area contributed by atoms with Crippen molar-refractivity contribution in [3.63, 3.8) is 0 Å². The molecule has 29 heavy (non-hydrogen) atoms. The molecule has 0 amide bonds. The molecule has 0 aliphatic rings. The summed E-state index contributed by atoms with van der Waals surface area (Å²) in [5.74, 6) is 0.561. The first kappa shape index (κ1) is 18.9. The van der Waals surface area contributed by atoms with Gasteiger partial charge in [0, 0.05) is 35.3 Å². The quantitative estimate of drug-likeness (QED) is 0.513. The Hall–Kier alpha value is -3.47. The van der Waals surface area contributed by atoms with Crippen LogP contribution in [0.2, 0.25) is 0 Å². The van der Waals surface area contributed by atoms with Crippen LogP contribution in [-0.2, 0) is 0 Å². The van der Waals surface area contributed by atoms with Gasteiger partial charge in [0.15, 0.2) is 5.43 Å². The van der Waals surface area contributed by atoms with E-state index < -0.39 is 0 Å². The third-order valence-electron chi connectivity index (χ3n) is 5.16. The lowest BCUT2D eigenvalue weighted by atomic mass is 9.99. The van der Waals surface area contributed by atoms with Crippen LogP contribution >= 0.6 is 0 Å². The summed E-state index contributed by atoms with van der Waals surface area (Å²) in [4.78, 5) is 21.7. The van der Waals surface area contributed by atoms with Crippen LogP contribution in [0.25, 0.3) is 22.3 Å². The number of hydrogen-bond acceptors (Lipinski definition) is 5. The van der Waals surface area contributed by atoms with Gasteiger partial charge in [-0.15, -0.1) is 0 Å². The van der Waals surface area contributed by atoms with Crippen molar-refractivity contribution in [2.75, 3.05) is 5.32 Å². The molecular formula is C24H23N3O2. The van der Waals surface area contributed by atoms with Crippen LogP contribution in [0.15, 0.2) is 64.2 Å². The van der Waals surface area contributed by atoms with E-state index in [-0.39, 0.29) is 11.5 Å². The average molecular weight is 385 g/mol. The fourth-order valence-corrected chi connectivity index (χ4v) is 3.61. The first-order chi connectivity index (χ1) is 14.0. The smallest absolute Gasteiger partial charge is 0.196 e. The van der Waals surface area contributed by atoms with E-state index in [1.54, 1.807) is 25.5 Å². The zero-order valence-electron chi connectivity index (χ0n) is 17.0. The minimum absolute atomic E-state index is 0.0141. The highest BCUT2D eigenvalue weighted by Gasteiger charge is 2.19. The summed E-state index contributed by atoms with van der Waals surface area (Å²) < 4.78 is 6.34. The minimum atomic E-state index is -0.0760. The highest BCUT2D eigenvalue weighted by atomic mass is 16.3. The fourth-order valence-electron chi connectivity index (χ4n) is 3.61. The van der Waals surface area contributed by atoms with Crippen molar-refractivity contribution in [2.24, 2.45) is 0 Å². The topological polar surface area (TPSA) is 68.0 Å². The highest BCUT2D eigenvalue weighted by Crippen LogP contribution is 2.32. The zero-order valence-corrected chi connectivity index (χ0v) is 17.0. The Balaban J connectivity index is 1.91. The Morgan fingerprint density at radius 3 is 2.59 bits per heavy atom. The van der Waals surface area contributed by atoms with Crippen molar-refractivity contribution in [3.05, 3.63) is 87.6 Å². The number of nitrogens with zero attached hydrogens (tertiary/aromatic N) is 2. The molecule has 4 rings (SSSR count). The lowest BCUT2D eigenvalue weighted by Gasteiger charge is -2.19. The maximum Gasteiger partial charge on any atom is 0.196 e. The molecule has 0 aliphatic heterocycles. The average Bonchev–Trinajstić information content (AvgIpc) is 2.72. The molecule has 3 heterocycles. The molecule has 0 bridgehead atoms. The Morgan fingerprint density at radius 2 is 1.86 bits per heavy atom. The molecule has 1 atom stereocenters. The third-order valence-corrected chi connectivity index (χ3v) is 5.16. The molecule has 1 N–H and O–H groups in total. The molecule has 5 heteroatoms. The zero-order chi connectivity index (χ0) is 20.5. The second-order valence-corrected chi connectivity index (χ2v) is 7.36. The van der Waals surface area contributed by atoms with Gasteiger partial charge in [-0.05, 0) is 63.6 Å².